The molecule has 7 nitrogen and oxygen atoms in total. The molecule has 1 N–H and O–H groups in total. The second-order valence-electron chi connectivity index (χ2n) is 6.70. The lowest BCUT2D eigenvalue weighted by atomic mass is 10.1. The average molecular weight is 409 g/mol. The Bertz CT molecular complexity index is 1390. The quantitative estimate of drug-likeness (QED) is 0.468. The van der Waals surface area contributed by atoms with Crippen molar-refractivity contribution in [1.82, 2.24) is 29.9 Å². The van der Waals surface area contributed by atoms with E-state index in [1.54, 1.807) is 12.1 Å². The molecule has 0 aliphatic heterocycles. The van der Waals surface area contributed by atoms with Gasteiger partial charge in [-0.3, -0.25) is 4.57 Å². The minimum Gasteiger partial charge on any atom is -0.360 e. The molecule has 0 radical (unpaired) electrons. The number of benzene rings is 2. The normalized spacial score (nSPS) is 10.9. The Kier molecular flexibility index (Phi) is 4.50. The number of para-hydroxylation sites is 1. The van der Waals surface area contributed by atoms with E-state index in [1.807, 2.05) is 47.2 Å². The molecule has 5 aromatic rings. The van der Waals surface area contributed by atoms with E-state index in [1.165, 1.54) is 11.8 Å². The second-order valence-corrected chi connectivity index (χ2v) is 7.69. The third kappa shape index (κ3) is 3.21. The van der Waals surface area contributed by atoms with Crippen LogP contribution >= 0.6 is 11.8 Å². The Morgan fingerprint density at radius 3 is 2.67 bits per heavy atom. The number of fused-ring (bicyclic) bond motifs is 1. The van der Waals surface area contributed by atoms with E-state index in [0.29, 0.717) is 10.2 Å². The number of nitrogens with one attached hydrogen (secondary N) is 1. The molecule has 0 spiro atoms. The van der Waals surface area contributed by atoms with Crippen LogP contribution in [0.15, 0.2) is 77.0 Å². The topological polar surface area (TPSA) is 96.1 Å². The molecule has 5 rings (SSSR count). The number of aromatic nitrogens is 6. The standard InChI is InChI=1S/C22H15N7S/c1-14-5-4-6-16(11-14)29-21(18-13-24-19-8-3-2-7-17(18)19)27-28-22(29)30-20-10-9-15(12-23)25-26-20/h2-11,13,24H,1H3. The van der Waals surface area contributed by atoms with Crippen molar-refractivity contribution in [3.05, 3.63) is 78.1 Å². The maximum atomic E-state index is 8.94. The summed E-state index contributed by atoms with van der Waals surface area (Å²) < 4.78 is 2.02. The number of H-pyrrole nitrogens is 1. The van der Waals surface area contributed by atoms with Crippen LogP contribution < -0.4 is 0 Å². The van der Waals surface area contributed by atoms with Gasteiger partial charge in [0.05, 0.1) is 5.69 Å². The zero-order chi connectivity index (χ0) is 20.5. The monoisotopic (exact) mass is 409 g/mol. The highest BCUT2D eigenvalue weighted by molar-refractivity contribution is 7.99. The van der Waals surface area contributed by atoms with Crippen LogP contribution in [0, 0.1) is 18.3 Å². The summed E-state index contributed by atoms with van der Waals surface area (Å²) in [5.41, 5.74) is 4.39. The van der Waals surface area contributed by atoms with Crippen LogP contribution in [0.5, 0.6) is 0 Å². The summed E-state index contributed by atoms with van der Waals surface area (Å²) in [4.78, 5) is 3.31. The van der Waals surface area contributed by atoms with Crippen molar-refractivity contribution in [2.45, 2.75) is 17.1 Å². The Morgan fingerprint density at radius 2 is 1.87 bits per heavy atom. The lowest BCUT2D eigenvalue weighted by Gasteiger charge is -2.10. The molecule has 3 aromatic heterocycles. The van der Waals surface area contributed by atoms with E-state index in [2.05, 4.69) is 50.5 Å². The van der Waals surface area contributed by atoms with E-state index < -0.39 is 0 Å². The number of hydrogen-bond donors (Lipinski definition) is 1. The number of aromatic amines is 1. The fraction of sp³-hybridized carbons (Fsp3) is 0.0455. The molecule has 30 heavy (non-hydrogen) atoms. The van der Waals surface area contributed by atoms with Crippen LogP contribution in [0.25, 0.3) is 28.0 Å². The Hall–Kier alpha value is -3.96. The summed E-state index contributed by atoms with van der Waals surface area (Å²) in [6, 6.07) is 21.7. The summed E-state index contributed by atoms with van der Waals surface area (Å²) in [5, 5.41) is 28.3. The van der Waals surface area contributed by atoms with Gasteiger partial charge in [0.1, 0.15) is 11.1 Å². The highest BCUT2D eigenvalue weighted by Crippen LogP contribution is 2.34. The number of hydrogen-bond acceptors (Lipinski definition) is 6. The highest BCUT2D eigenvalue weighted by Gasteiger charge is 2.20. The van der Waals surface area contributed by atoms with Crippen LogP contribution in [0.2, 0.25) is 0 Å². The minimum absolute atomic E-state index is 0.277. The second kappa shape index (κ2) is 7.46. The third-order valence-corrected chi connectivity index (χ3v) is 5.55. The molecule has 0 aliphatic carbocycles. The van der Waals surface area contributed by atoms with Gasteiger partial charge in [0.2, 0.25) is 5.16 Å². The van der Waals surface area contributed by atoms with Crippen molar-refractivity contribution in [2.75, 3.05) is 0 Å². The summed E-state index contributed by atoms with van der Waals surface area (Å²) in [6.07, 6.45) is 1.96. The van der Waals surface area contributed by atoms with Crippen molar-refractivity contribution in [2.24, 2.45) is 0 Å². The number of rotatable bonds is 4. The Labute approximate surface area is 176 Å². The first-order chi connectivity index (χ1) is 14.7. The molecule has 0 aliphatic rings. The first-order valence-corrected chi connectivity index (χ1v) is 10.1. The van der Waals surface area contributed by atoms with Gasteiger partial charge in [-0.2, -0.15) is 5.26 Å². The predicted octanol–water partition coefficient (Wildman–Crippen LogP) is 4.54. The molecular formula is C22H15N7S. The first-order valence-electron chi connectivity index (χ1n) is 9.23. The molecule has 0 saturated heterocycles. The largest absolute Gasteiger partial charge is 0.360 e. The summed E-state index contributed by atoms with van der Waals surface area (Å²) in [6.45, 7) is 2.05. The van der Waals surface area contributed by atoms with Crippen LogP contribution in [0.3, 0.4) is 0 Å². The fourth-order valence-electron chi connectivity index (χ4n) is 3.29. The molecule has 0 fully saturated rings. The predicted molar refractivity (Wildman–Crippen MR) is 114 cm³/mol. The Balaban J connectivity index is 1.67. The van der Waals surface area contributed by atoms with Gasteiger partial charge in [-0.25, -0.2) is 0 Å². The van der Waals surface area contributed by atoms with Gasteiger partial charge in [-0.1, -0.05) is 30.3 Å². The lowest BCUT2D eigenvalue weighted by molar-refractivity contribution is 0.868. The molecule has 0 atom stereocenters. The average Bonchev–Trinajstić information content (AvgIpc) is 3.38. The van der Waals surface area contributed by atoms with E-state index in [0.717, 1.165) is 33.5 Å². The molecule has 8 heteroatoms. The molecule has 0 saturated carbocycles. The van der Waals surface area contributed by atoms with Crippen LogP contribution in [0.4, 0.5) is 0 Å². The van der Waals surface area contributed by atoms with E-state index in [-0.39, 0.29) is 5.69 Å². The van der Waals surface area contributed by atoms with Gasteiger partial charge >= 0.3 is 0 Å². The van der Waals surface area contributed by atoms with Crippen LogP contribution in [-0.4, -0.2) is 29.9 Å². The smallest absolute Gasteiger partial charge is 0.202 e. The van der Waals surface area contributed by atoms with Crippen molar-refractivity contribution in [3.63, 3.8) is 0 Å². The van der Waals surface area contributed by atoms with E-state index in [4.69, 9.17) is 5.26 Å². The summed E-state index contributed by atoms with van der Waals surface area (Å²) >= 11 is 1.35. The van der Waals surface area contributed by atoms with Crippen molar-refractivity contribution >= 4 is 22.7 Å². The highest BCUT2D eigenvalue weighted by atomic mass is 32.2. The summed E-state index contributed by atoms with van der Waals surface area (Å²) in [5.74, 6) is 0.738. The van der Waals surface area contributed by atoms with Crippen molar-refractivity contribution in [3.8, 4) is 23.1 Å². The molecule has 2 aromatic carbocycles. The van der Waals surface area contributed by atoms with Gasteiger partial charge in [0, 0.05) is 22.7 Å². The fourth-order valence-corrected chi connectivity index (χ4v) is 4.06. The molecule has 0 bridgehead atoms. The SMILES string of the molecule is Cc1cccc(-n2c(Sc3ccc(C#N)nn3)nnc2-c2c[nH]c3ccccc23)c1. The summed E-state index contributed by atoms with van der Waals surface area (Å²) in [7, 11) is 0. The molecule has 144 valence electrons. The van der Waals surface area contributed by atoms with Crippen LogP contribution in [0.1, 0.15) is 11.3 Å². The van der Waals surface area contributed by atoms with Gasteiger partial charge in [0.25, 0.3) is 0 Å². The van der Waals surface area contributed by atoms with E-state index >= 15 is 0 Å². The third-order valence-electron chi connectivity index (χ3n) is 4.67. The van der Waals surface area contributed by atoms with Gasteiger partial charge in [-0.15, -0.1) is 20.4 Å². The number of nitriles is 1. The first kappa shape index (κ1) is 18.1. The van der Waals surface area contributed by atoms with Crippen molar-refractivity contribution in [1.29, 1.82) is 5.26 Å². The van der Waals surface area contributed by atoms with Crippen molar-refractivity contribution < 1.29 is 0 Å². The van der Waals surface area contributed by atoms with Gasteiger partial charge < -0.3 is 4.98 Å². The van der Waals surface area contributed by atoms with Gasteiger partial charge in [-0.05, 0) is 54.6 Å². The molecular weight excluding hydrogens is 394 g/mol. The minimum atomic E-state index is 0.277. The maximum absolute atomic E-state index is 8.94. The van der Waals surface area contributed by atoms with Crippen LogP contribution in [-0.2, 0) is 0 Å². The zero-order valence-corrected chi connectivity index (χ0v) is 16.8. The van der Waals surface area contributed by atoms with Gasteiger partial charge in [0.15, 0.2) is 11.5 Å². The molecule has 0 amide bonds. The Morgan fingerprint density at radius 1 is 0.967 bits per heavy atom. The number of nitrogens with zero attached hydrogens (tertiary/aromatic N) is 6. The van der Waals surface area contributed by atoms with E-state index in [9.17, 15) is 0 Å². The maximum Gasteiger partial charge on any atom is 0.202 e. The number of aryl methyl sites for hydroxylation is 1. The molecule has 0 unspecified atom stereocenters. The lowest BCUT2D eigenvalue weighted by Crippen LogP contribution is -2.00. The zero-order valence-electron chi connectivity index (χ0n) is 15.9. The molecule has 3 heterocycles.